The minimum atomic E-state index is 0.564. The van der Waals surface area contributed by atoms with Crippen LogP contribution < -0.4 is 5.32 Å². The standard InChI is InChI=1S/C15H11N5O/c1-2-8-20-14(3-1)18-15(19-20)17-12-6-4-11(5-7-12)13-9-16-10-21-13/h1-10H,(H,17,19). The van der Waals surface area contributed by atoms with E-state index < -0.39 is 0 Å². The van der Waals surface area contributed by atoms with Crippen LogP contribution in [0.3, 0.4) is 0 Å². The van der Waals surface area contributed by atoms with Crippen LogP contribution in [0, 0.1) is 0 Å². The van der Waals surface area contributed by atoms with Gasteiger partial charge in [-0.15, -0.1) is 5.10 Å². The van der Waals surface area contributed by atoms with E-state index in [1.807, 2.05) is 48.7 Å². The molecule has 0 aliphatic rings. The Morgan fingerprint density at radius 3 is 2.71 bits per heavy atom. The summed E-state index contributed by atoms with van der Waals surface area (Å²) in [6.07, 6.45) is 4.97. The lowest BCUT2D eigenvalue weighted by Crippen LogP contribution is -1.93. The maximum atomic E-state index is 5.26. The second-order valence-corrected chi connectivity index (χ2v) is 4.51. The summed E-state index contributed by atoms with van der Waals surface area (Å²) < 4.78 is 6.99. The first-order valence-corrected chi connectivity index (χ1v) is 6.46. The maximum Gasteiger partial charge on any atom is 0.247 e. The molecule has 0 saturated heterocycles. The van der Waals surface area contributed by atoms with Crippen LogP contribution in [0.4, 0.5) is 11.6 Å². The molecule has 0 saturated carbocycles. The van der Waals surface area contributed by atoms with E-state index in [0.717, 1.165) is 22.7 Å². The third kappa shape index (κ3) is 2.23. The van der Waals surface area contributed by atoms with Gasteiger partial charge in [0, 0.05) is 17.4 Å². The van der Waals surface area contributed by atoms with Crippen LogP contribution >= 0.6 is 0 Å². The van der Waals surface area contributed by atoms with Crippen LogP contribution in [0.5, 0.6) is 0 Å². The van der Waals surface area contributed by atoms with Crippen LogP contribution in [-0.2, 0) is 0 Å². The smallest absolute Gasteiger partial charge is 0.247 e. The molecule has 6 nitrogen and oxygen atoms in total. The van der Waals surface area contributed by atoms with Crippen molar-refractivity contribution in [2.24, 2.45) is 0 Å². The van der Waals surface area contributed by atoms with Crippen LogP contribution in [0.15, 0.2) is 65.7 Å². The quantitative estimate of drug-likeness (QED) is 0.623. The molecule has 3 aromatic heterocycles. The van der Waals surface area contributed by atoms with E-state index >= 15 is 0 Å². The fraction of sp³-hybridized carbons (Fsp3) is 0. The lowest BCUT2D eigenvalue weighted by atomic mass is 10.2. The van der Waals surface area contributed by atoms with Crippen LogP contribution in [-0.4, -0.2) is 19.6 Å². The van der Waals surface area contributed by atoms with E-state index in [9.17, 15) is 0 Å². The van der Waals surface area contributed by atoms with Crippen molar-refractivity contribution in [1.29, 1.82) is 0 Å². The Hall–Kier alpha value is -3.15. The minimum Gasteiger partial charge on any atom is -0.444 e. The van der Waals surface area contributed by atoms with Gasteiger partial charge in [-0.05, 0) is 36.4 Å². The molecule has 6 heteroatoms. The van der Waals surface area contributed by atoms with E-state index in [1.54, 1.807) is 10.7 Å². The first kappa shape index (κ1) is 11.7. The van der Waals surface area contributed by atoms with Gasteiger partial charge in [-0.1, -0.05) is 6.07 Å². The number of hydrogen-bond donors (Lipinski definition) is 1. The highest BCUT2D eigenvalue weighted by atomic mass is 16.3. The summed E-state index contributed by atoms with van der Waals surface area (Å²) in [6, 6.07) is 13.6. The molecule has 1 N–H and O–H groups in total. The Balaban J connectivity index is 1.59. The number of hydrogen-bond acceptors (Lipinski definition) is 5. The molecule has 0 fully saturated rings. The fourth-order valence-electron chi connectivity index (χ4n) is 2.09. The molecule has 0 aliphatic heterocycles. The summed E-state index contributed by atoms with van der Waals surface area (Å²) in [7, 11) is 0. The largest absolute Gasteiger partial charge is 0.444 e. The van der Waals surface area contributed by atoms with Crippen molar-refractivity contribution in [3.8, 4) is 11.3 Å². The molecule has 0 spiro atoms. The van der Waals surface area contributed by atoms with Gasteiger partial charge in [0.15, 0.2) is 17.8 Å². The van der Waals surface area contributed by atoms with Gasteiger partial charge in [-0.3, -0.25) is 0 Å². The van der Waals surface area contributed by atoms with Gasteiger partial charge in [0.05, 0.1) is 6.20 Å². The first-order chi connectivity index (χ1) is 10.4. The average molecular weight is 277 g/mol. The summed E-state index contributed by atoms with van der Waals surface area (Å²) >= 11 is 0. The lowest BCUT2D eigenvalue weighted by molar-refractivity contribution is 0.572. The van der Waals surface area contributed by atoms with E-state index in [4.69, 9.17) is 4.42 Å². The maximum absolute atomic E-state index is 5.26. The molecule has 4 aromatic rings. The summed E-state index contributed by atoms with van der Waals surface area (Å²) in [5.41, 5.74) is 2.69. The molecule has 3 heterocycles. The van der Waals surface area contributed by atoms with E-state index in [0.29, 0.717) is 5.95 Å². The molecule has 0 atom stereocenters. The number of fused-ring (bicyclic) bond motifs is 1. The van der Waals surface area contributed by atoms with Crippen molar-refractivity contribution in [3.63, 3.8) is 0 Å². The van der Waals surface area contributed by atoms with Crippen molar-refractivity contribution in [1.82, 2.24) is 19.6 Å². The molecule has 0 bridgehead atoms. The highest BCUT2D eigenvalue weighted by Crippen LogP contribution is 2.22. The van der Waals surface area contributed by atoms with Crippen molar-refractivity contribution in [2.45, 2.75) is 0 Å². The SMILES string of the molecule is c1ccn2nc(Nc3ccc(-c4cnco4)cc3)nc2c1. The number of pyridine rings is 1. The Bertz CT molecular complexity index is 832. The summed E-state index contributed by atoms with van der Waals surface area (Å²) in [5, 5.41) is 7.52. The van der Waals surface area contributed by atoms with Gasteiger partial charge in [0.1, 0.15) is 0 Å². The Morgan fingerprint density at radius 1 is 1.05 bits per heavy atom. The topological polar surface area (TPSA) is 68.2 Å². The van der Waals surface area contributed by atoms with Crippen molar-refractivity contribution < 1.29 is 4.42 Å². The summed E-state index contributed by atoms with van der Waals surface area (Å²) in [6.45, 7) is 0. The number of anilines is 2. The van der Waals surface area contributed by atoms with Crippen LogP contribution in [0.25, 0.3) is 17.0 Å². The number of rotatable bonds is 3. The molecule has 102 valence electrons. The molecular weight excluding hydrogens is 266 g/mol. The second-order valence-electron chi connectivity index (χ2n) is 4.51. The fourth-order valence-corrected chi connectivity index (χ4v) is 2.09. The molecule has 0 amide bonds. The number of benzene rings is 1. The van der Waals surface area contributed by atoms with Gasteiger partial charge in [0.25, 0.3) is 0 Å². The van der Waals surface area contributed by atoms with Gasteiger partial charge < -0.3 is 9.73 Å². The van der Waals surface area contributed by atoms with Crippen molar-refractivity contribution >= 4 is 17.3 Å². The number of oxazole rings is 1. The van der Waals surface area contributed by atoms with Gasteiger partial charge in [0.2, 0.25) is 5.95 Å². The lowest BCUT2D eigenvalue weighted by Gasteiger charge is -2.02. The first-order valence-electron chi connectivity index (χ1n) is 6.46. The molecule has 0 unspecified atom stereocenters. The predicted molar refractivity (Wildman–Crippen MR) is 78.2 cm³/mol. The third-order valence-electron chi connectivity index (χ3n) is 3.10. The minimum absolute atomic E-state index is 0.564. The predicted octanol–water partition coefficient (Wildman–Crippen LogP) is 3.13. The second kappa shape index (κ2) is 4.75. The van der Waals surface area contributed by atoms with Gasteiger partial charge in [-0.25, -0.2) is 9.50 Å². The zero-order chi connectivity index (χ0) is 14.1. The van der Waals surface area contributed by atoms with Crippen LogP contribution in [0.2, 0.25) is 0 Å². The molecule has 1 aromatic carbocycles. The zero-order valence-electron chi connectivity index (χ0n) is 11.0. The van der Waals surface area contributed by atoms with E-state index in [2.05, 4.69) is 20.4 Å². The van der Waals surface area contributed by atoms with Crippen molar-refractivity contribution in [2.75, 3.05) is 5.32 Å². The molecule has 0 radical (unpaired) electrons. The highest BCUT2D eigenvalue weighted by molar-refractivity contribution is 5.63. The number of aromatic nitrogens is 4. The highest BCUT2D eigenvalue weighted by Gasteiger charge is 2.04. The van der Waals surface area contributed by atoms with Gasteiger partial charge in [-0.2, -0.15) is 4.98 Å². The average Bonchev–Trinajstić information content (AvgIpc) is 3.17. The van der Waals surface area contributed by atoms with E-state index in [1.165, 1.54) is 6.39 Å². The molecular formula is C15H11N5O. The summed E-state index contributed by atoms with van der Waals surface area (Å²) in [5.74, 6) is 1.31. The Kier molecular flexibility index (Phi) is 2.64. The molecule has 4 rings (SSSR count). The molecule has 21 heavy (non-hydrogen) atoms. The van der Waals surface area contributed by atoms with Gasteiger partial charge >= 0.3 is 0 Å². The van der Waals surface area contributed by atoms with E-state index in [-0.39, 0.29) is 0 Å². The summed E-state index contributed by atoms with van der Waals surface area (Å²) in [4.78, 5) is 8.30. The monoisotopic (exact) mass is 277 g/mol. The third-order valence-corrected chi connectivity index (χ3v) is 3.10. The van der Waals surface area contributed by atoms with Crippen LogP contribution in [0.1, 0.15) is 0 Å². The number of nitrogens with zero attached hydrogens (tertiary/aromatic N) is 4. The molecule has 0 aliphatic carbocycles. The Labute approximate surface area is 120 Å². The Morgan fingerprint density at radius 2 is 1.95 bits per heavy atom. The zero-order valence-corrected chi connectivity index (χ0v) is 11.0. The van der Waals surface area contributed by atoms with Crippen molar-refractivity contribution in [3.05, 3.63) is 61.3 Å². The number of nitrogens with one attached hydrogen (secondary N) is 1. The normalized spacial score (nSPS) is 10.9.